The summed E-state index contributed by atoms with van der Waals surface area (Å²) in [6.07, 6.45) is 4.91. The van der Waals surface area contributed by atoms with Crippen LogP contribution in [0.25, 0.3) is 0 Å². The molecule has 2 heteroatoms. The average molecular weight is 277 g/mol. The van der Waals surface area contributed by atoms with Crippen molar-refractivity contribution < 1.29 is 4.74 Å². The zero-order chi connectivity index (χ0) is 14.8. The van der Waals surface area contributed by atoms with E-state index in [2.05, 4.69) is 57.3 Å². The maximum Gasteiger partial charge on any atom is 0.0518 e. The summed E-state index contributed by atoms with van der Waals surface area (Å²) in [7, 11) is 0. The van der Waals surface area contributed by atoms with E-state index in [-0.39, 0.29) is 0 Å². The summed E-state index contributed by atoms with van der Waals surface area (Å²) in [5.74, 6) is 0. The summed E-state index contributed by atoms with van der Waals surface area (Å²) in [6, 6.07) is 9.50. The Morgan fingerprint density at radius 3 is 2.30 bits per heavy atom. The van der Waals surface area contributed by atoms with Crippen LogP contribution in [0, 0.1) is 0 Å². The minimum atomic E-state index is 0.350. The van der Waals surface area contributed by atoms with Crippen molar-refractivity contribution in [3.05, 3.63) is 35.4 Å². The van der Waals surface area contributed by atoms with Crippen LogP contribution in [0.15, 0.2) is 24.3 Å². The highest BCUT2D eigenvalue weighted by atomic mass is 16.5. The van der Waals surface area contributed by atoms with E-state index in [0.29, 0.717) is 12.1 Å². The zero-order valence-electron chi connectivity index (χ0n) is 13.6. The van der Waals surface area contributed by atoms with Crippen LogP contribution in [0.5, 0.6) is 0 Å². The highest BCUT2D eigenvalue weighted by Crippen LogP contribution is 2.17. The van der Waals surface area contributed by atoms with Crippen LogP contribution in [0.3, 0.4) is 0 Å². The fraction of sp³-hybridized carbons (Fsp3) is 0.667. The lowest BCUT2D eigenvalue weighted by atomic mass is 10.0. The van der Waals surface area contributed by atoms with Gasteiger partial charge in [0.05, 0.1) is 6.10 Å². The van der Waals surface area contributed by atoms with Gasteiger partial charge in [-0.1, -0.05) is 38.1 Å². The number of hydrogen-bond donors (Lipinski definition) is 1. The quantitative estimate of drug-likeness (QED) is 0.636. The van der Waals surface area contributed by atoms with Gasteiger partial charge in [-0.2, -0.15) is 0 Å². The summed E-state index contributed by atoms with van der Waals surface area (Å²) < 4.78 is 5.56. The molecule has 0 heterocycles. The van der Waals surface area contributed by atoms with Gasteiger partial charge in [0.2, 0.25) is 0 Å². The van der Waals surface area contributed by atoms with E-state index < -0.39 is 0 Å². The Kier molecular flexibility index (Phi) is 8.56. The molecular weight excluding hydrogens is 246 g/mol. The Balaban J connectivity index is 2.28. The van der Waals surface area contributed by atoms with E-state index in [1.807, 2.05) is 0 Å². The SMILES string of the molecule is CCc1ccc(C(CC)NCCCCOC(C)C)cc1. The standard InChI is InChI=1S/C18H31NO/c1-5-16-9-11-17(12-10-16)18(6-2)19-13-7-8-14-20-15(3)4/h9-12,15,18-19H,5-8,13-14H2,1-4H3. The molecule has 0 aliphatic rings. The van der Waals surface area contributed by atoms with Gasteiger partial charge in [0, 0.05) is 12.6 Å². The first kappa shape index (κ1) is 17.2. The maximum atomic E-state index is 5.56. The van der Waals surface area contributed by atoms with Crippen LogP contribution >= 0.6 is 0 Å². The van der Waals surface area contributed by atoms with Gasteiger partial charge in [-0.15, -0.1) is 0 Å². The zero-order valence-corrected chi connectivity index (χ0v) is 13.6. The summed E-state index contributed by atoms with van der Waals surface area (Å²) in [4.78, 5) is 0. The van der Waals surface area contributed by atoms with E-state index in [1.54, 1.807) is 0 Å². The molecule has 1 N–H and O–H groups in total. The van der Waals surface area contributed by atoms with Crippen molar-refractivity contribution in [2.24, 2.45) is 0 Å². The predicted molar refractivity (Wildman–Crippen MR) is 87.2 cm³/mol. The van der Waals surface area contributed by atoms with Crippen LogP contribution in [0.1, 0.15) is 64.1 Å². The molecule has 1 rings (SSSR count). The van der Waals surface area contributed by atoms with Gasteiger partial charge in [0.15, 0.2) is 0 Å². The van der Waals surface area contributed by atoms with Crippen molar-refractivity contribution in [3.63, 3.8) is 0 Å². The summed E-state index contributed by atoms with van der Waals surface area (Å²) >= 11 is 0. The average Bonchev–Trinajstić information content (AvgIpc) is 2.46. The fourth-order valence-electron chi connectivity index (χ4n) is 2.31. The second-order valence-electron chi connectivity index (χ2n) is 5.64. The first-order valence-electron chi connectivity index (χ1n) is 8.11. The molecule has 2 nitrogen and oxygen atoms in total. The molecule has 1 atom stereocenters. The van der Waals surface area contributed by atoms with Crippen LogP contribution in [-0.2, 0) is 11.2 Å². The van der Waals surface area contributed by atoms with Crippen LogP contribution in [-0.4, -0.2) is 19.3 Å². The third-order valence-electron chi connectivity index (χ3n) is 3.61. The minimum Gasteiger partial charge on any atom is -0.379 e. The van der Waals surface area contributed by atoms with E-state index in [1.165, 1.54) is 17.5 Å². The van der Waals surface area contributed by atoms with Gasteiger partial charge in [0.25, 0.3) is 0 Å². The molecule has 1 aromatic carbocycles. The molecular formula is C18H31NO. The van der Waals surface area contributed by atoms with E-state index in [9.17, 15) is 0 Å². The number of rotatable bonds is 10. The van der Waals surface area contributed by atoms with E-state index >= 15 is 0 Å². The number of hydrogen-bond acceptors (Lipinski definition) is 2. The lowest BCUT2D eigenvalue weighted by molar-refractivity contribution is 0.0759. The highest BCUT2D eigenvalue weighted by molar-refractivity contribution is 5.24. The van der Waals surface area contributed by atoms with Crippen molar-refractivity contribution in [1.29, 1.82) is 0 Å². The van der Waals surface area contributed by atoms with Crippen molar-refractivity contribution in [1.82, 2.24) is 5.32 Å². The van der Waals surface area contributed by atoms with E-state index in [0.717, 1.165) is 32.4 Å². The fourth-order valence-corrected chi connectivity index (χ4v) is 2.31. The number of nitrogens with one attached hydrogen (secondary N) is 1. The van der Waals surface area contributed by atoms with E-state index in [4.69, 9.17) is 4.74 Å². The highest BCUT2D eigenvalue weighted by Gasteiger charge is 2.07. The molecule has 20 heavy (non-hydrogen) atoms. The minimum absolute atomic E-state index is 0.350. The molecule has 0 aliphatic carbocycles. The van der Waals surface area contributed by atoms with Gasteiger partial charge < -0.3 is 10.1 Å². The van der Waals surface area contributed by atoms with Crippen molar-refractivity contribution in [3.8, 4) is 0 Å². The number of unbranched alkanes of at least 4 members (excludes halogenated alkanes) is 1. The third kappa shape index (κ3) is 6.53. The van der Waals surface area contributed by atoms with Gasteiger partial charge in [0.1, 0.15) is 0 Å². The van der Waals surface area contributed by atoms with Gasteiger partial charge in [-0.25, -0.2) is 0 Å². The van der Waals surface area contributed by atoms with Gasteiger partial charge in [-0.3, -0.25) is 0 Å². The van der Waals surface area contributed by atoms with Crippen LogP contribution < -0.4 is 5.32 Å². The molecule has 1 aromatic rings. The van der Waals surface area contributed by atoms with Crippen molar-refractivity contribution >= 4 is 0 Å². The molecule has 0 bridgehead atoms. The second-order valence-corrected chi connectivity index (χ2v) is 5.64. The predicted octanol–water partition coefficient (Wildman–Crippen LogP) is 4.49. The number of ether oxygens (including phenoxy) is 1. The van der Waals surface area contributed by atoms with Crippen LogP contribution in [0.2, 0.25) is 0 Å². The first-order valence-corrected chi connectivity index (χ1v) is 8.11. The molecule has 0 aliphatic heterocycles. The summed E-state index contributed by atoms with van der Waals surface area (Å²) in [5, 5.41) is 3.66. The van der Waals surface area contributed by atoms with Crippen molar-refractivity contribution in [2.75, 3.05) is 13.2 Å². The third-order valence-corrected chi connectivity index (χ3v) is 3.61. The summed E-state index contributed by atoms with van der Waals surface area (Å²) in [5.41, 5.74) is 2.82. The summed E-state index contributed by atoms with van der Waals surface area (Å²) in [6.45, 7) is 10.6. The first-order chi connectivity index (χ1) is 9.67. The largest absolute Gasteiger partial charge is 0.379 e. The van der Waals surface area contributed by atoms with Crippen molar-refractivity contribution in [2.45, 2.75) is 65.5 Å². The Morgan fingerprint density at radius 2 is 1.75 bits per heavy atom. The molecule has 0 aromatic heterocycles. The van der Waals surface area contributed by atoms with Gasteiger partial charge >= 0.3 is 0 Å². The number of aryl methyl sites for hydroxylation is 1. The Bertz CT molecular complexity index is 345. The Morgan fingerprint density at radius 1 is 1.05 bits per heavy atom. The molecule has 0 spiro atoms. The smallest absolute Gasteiger partial charge is 0.0518 e. The Hall–Kier alpha value is -0.860. The lowest BCUT2D eigenvalue weighted by Crippen LogP contribution is -2.22. The van der Waals surface area contributed by atoms with Crippen LogP contribution in [0.4, 0.5) is 0 Å². The maximum absolute atomic E-state index is 5.56. The normalized spacial score (nSPS) is 12.8. The molecule has 0 amide bonds. The molecule has 0 radical (unpaired) electrons. The monoisotopic (exact) mass is 277 g/mol. The molecule has 114 valence electrons. The number of benzene rings is 1. The Labute approximate surface area is 124 Å². The van der Waals surface area contributed by atoms with Gasteiger partial charge in [-0.05, 0) is 57.2 Å². The topological polar surface area (TPSA) is 21.3 Å². The lowest BCUT2D eigenvalue weighted by Gasteiger charge is -2.18. The molecule has 0 fully saturated rings. The molecule has 0 saturated heterocycles. The molecule has 1 unspecified atom stereocenters. The second kappa shape index (κ2) is 9.95. The molecule has 0 saturated carbocycles.